The molecule has 0 spiro atoms. The highest BCUT2D eigenvalue weighted by Gasteiger charge is 2.29. The summed E-state index contributed by atoms with van der Waals surface area (Å²) >= 11 is 1.53. The second kappa shape index (κ2) is 11.0. The van der Waals surface area contributed by atoms with Crippen LogP contribution < -0.4 is 5.32 Å². The van der Waals surface area contributed by atoms with E-state index in [1.54, 1.807) is 7.11 Å². The molecule has 0 aliphatic carbocycles. The van der Waals surface area contributed by atoms with Gasteiger partial charge in [-0.25, -0.2) is 0 Å². The fraction of sp³-hybridized carbons (Fsp3) is 0.667. The van der Waals surface area contributed by atoms with Crippen LogP contribution in [0.5, 0.6) is 0 Å². The highest BCUT2D eigenvalue weighted by molar-refractivity contribution is 7.10. The van der Waals surface area contributed by atoms with E-state index in [2.05, 4.69) is 5.32 Å². The number of thiophene rings is 1. The van der Waals surface area contributed by atoms with E-state index in [0.29, 0.717) is 39.3 Å². The third-order valence-electron chi connectivity index (χ3n) is 3.67. The zero-order chi connectivity index (χ0) is 15.8. The normalized spacial score (nSPS) is 19.2. The van der Waals surface area contributed by atoms with E-state index in [1.807, 2.05) is 22.4 Å². The van der Waals surface area contributed by atoms with E-state index in [9.17, 15) is 9.90 Å². The number of methoxy groups -OCH3 is 1. The van der Waals surface area contributed by atoms with Gasteiger partial charge in [0.1, 0.15) is 0 Å². The average molecular weight is 365 g/mol. The highest BCUT2D eigenvalue weighted by Crippen LogP contribution is 2.25. The van der Waals surface area contributed by atoms with Crippen molar-refractivity contribution in [2.75, 3.05) is 46.6 Å². The summed E-state index contributed by atoms with van der Waals surface area (Å²) in [5.41, 5.74) is 0. The van der Waals surface area contributed by atoms with Gasteiger partial charge in [0.15, 0.2) is 0 Å². The summed E-state index contributed by atoms with van der Waals surface area (Å²) in [4.78, 5) is 15.1. The number of halogens is 1. The third kappa shape index (κ3) is 6.37. The summed E-state index contributed by atoms with van der Waals surface area (Å²) in [5, 5.41) is 15.3. The predicted molar refractivity (Wildman–Crippen MR) is 92.2 cm³/mol. The Morgan fingerprint density at radius 3 is 3.17 bits per heavy atom. The topological polar surface area (TPSA) is 71.0 Å². The first-order chi connectivity index (χ1) is 10.7. The maximum atomic E-state index is 12.3. The number of hydrogen-bond acceptors (Lipinski definition) is 6. The summed E-state index contributed by atoms with van der Waals surface area (Å²) in [5.74, 6) is 0.0442. The van der Waals surface area contributed by atoms with Gasteiger partial charge in [-0.1, -0.05) is 6.07 Å². The lowest BCUT2D eigenvalue weighted by molar-refractivity contribution is -0.140. The number of carbonyl (C=O) groups excluding carboxylic acids is 1. The molecule has 6 nitrogen and oxygen atoms in total. The Morgan fingerprint density at radius 2 is 2.48 bits per heavy atom. The van der Waals surface area contributed by atoms with Gasteiger partial charge in [0.25, 0.3) is 0 Å². The molecule has 1 aliphatic rings. The standard InChI is InChI=1S/C15H24N2O4S.ClH/c1-20-6-4-16-10-15(19)17-5-7-21-11-12(17)9-13(18)14-3-2-8-22-14;/h2-3,8,12-13,16,18H,4-7,9-11H2,1H3;1H. The average Bonchev–Trinajstić information content (AvgIpc) is 3.06. The maximum absolute atomic E-state index is 12.3. The molecule has 0 radical (unpaired) electrons. The Hall–Kier alpha value is -0.700. The second-order valence-electron chi connectivity index (χ2n) is 5.25. The Kier molecular flexibility index (Phi) is 9.69. The highest BCUT2D eigenvalue weighted by atomic mass is 35.5. The van der Waals surface area contributed by atoms with Crippen LogP contribution in [0.25, 0.3) is 0 Å². The van der Waals surface area contributed by atoms with E-state index in [0.717, 1.165) is 4.88 Å². The van der Waals surface area contributed by atoms with Crippen LogP contribution in [0.2, 0.25) is 0 Å². The van der Waals surface area contributed by atoms with E-state index in [1.165, 1.54) is 11.3 Å². The van der Waals surface area contributed by atoms with Crippen LogP contribution in [0.1, 0.15) is 17.4 Å². The largest absolute Gasteiger partial charge is 0.387 e. The summed E-state index contributed by atoms with van der Waals surface area (Å²) in [6.45, 7) is 3.12. The molecule has 8 heteroatoms. The van der Waals surface area contributed by atoms with Crippen molar-refractivity contribution < 1.29 is 19.4 Å². The van der Waals surface area contributed by atoms with E-state index in [4.69, 9.17) is 9.47 Å². The number of nitrogens with one attached hydrogen (secondary N) is 1. The first-order valence-corrected chi connectivity index (χ1v) is 8.38. The van der Waals surface area contributed by atoms with E-state index in [-0.39, 0.29) is 30.9 Å². The molecule has 23 heavy (non-hydrogen) atoms. The minimum atomic E-state index is -0.552. The van der Waals surface area contributed by atoms with Crippen molar-refractivity contribution in [3.05, 3.63) is 22.4 Å². The van der Waals surface area contributed by atoms with Gasteiger partial charge in [-0.2, -0.15) is 0 Å². The number of hydrogen-bond donors (Lipinski definition) is 2. The molecular weight excluding hydrogens is 340 g/mol. The molecule has 0 saturated carbocycles. The van der Waals surface area contributed by atoms with Crippen molar-refractivity contribution in [3.63, 3.8) is 0 Å². The number of ether oxygens (including phenoxy) is 2. The molecule has 2 atom stereocenters. The number of aliphatic hydroxyl groups excluding tert-OH is 1. The predicted octanol–water partition coefficient (Wildman–Crippen LogP) is 1.06. The van der Waals surface area contributed by atoms with Crippen LogP contribution in [0, 0.1) is 0 Å². The van der Waals surface area contributed by atoms with Gasteiger partial charge in [-0.05, 0) is 11.4 Å². The quantitative estimate of drug-likeness (QED) is 0.675. The fourth-order valence-electron chi connectivity index (χ4n) is 2.50. The second-order valence-corrected chi connectivity index (χ2v) is 6.23. The molecule has 1 saturated heterocycles. The van der Waals surface area contributed by atoms with Gasteiger partial charge in [0.05, 0.1) is 38.5 Å². The van der Waals surface area contributed by atoms with Gasteiger partial charge < -0.3 is 24.8 Å². The number of morpholine rings is 1. The number of rotatable bonds is 8. The van der Waals surface area contributed by atoms with E-state index < -0.39 is 6.10 Å². The van der Waals surface area contributed by atoms with Crippen molar-refractivity contribution in [2.45, 2.75) is 18.6 Å². The Labute approximate surface area is 147 Å². The van der Waals surface area contributed by atoms with Crippen molar-refractivity contribution in [1.82, 2.24) is 10.2 Å². The van der Waals surface area contributed by atoms with Crippen molar-refractivity contribution in [2.24, 2.45) is 0 Å². The van der Waals surface area contributed by atoms with Crippen LogP contribution in [-0.4, -0.2) is 68.5 Å². The smallest absolute Gasteiger partial charge is 0.236 e. The fourth-order valence-corrected chi connectivity index (χ4v) is 3.23. The van der Waals surface area contributed by atoms with Crippen LogP contribution in [0.15, 0.2) is 17.5 Å². The molecule has 2 unspecified atom stereocenters. The zero-order valence-electron chi connectivity index (χ0n) is 13.3. The SMILES string of the molecule is COCCNCC(=O)N1CCOCC1CC(O)c1cccs1.Cl. The van der Waals surface area contributed by atoms with Crippen molar-refractivity contribution >= 4 is 29.7 Å². The first kappa shape index (κ1) is 20.3. The lowest BCUT2D eigenvalue weighted by Gasteiger charge is -2.36. The van der Waals surface area contributed by atoms with Gasteiger partial charge >= 0.3 is 0 Å². The van der Waals surface area contributed by atoms with Crippen LogP contribution in [0.3, 0.4) is 0 Å². The summed E-state index contributed by atoms with van der Waals surface area (Å²) in [6.07, 6.45) is -0.0481. The Balaban J connectivity index is 0.00000264. The van der Waals surface area contributed by atoms with Crippen LogP contribution >= 0.6 is 23.7 Å². The van der Waals surface area contributed by atoms with Gasteiger partial charge in [0, 0.05) is 31.5 Å². The molecule has 1 fully saturated rings. The van der Waals surface area contributed by atoms with E-state index >= 15 is 0 Å². The Bertz CT molecular complexity index is 447. The van der Waals surface area contributed by atoms with Gasteiger partial charge in [-0.3, -0.25) is 4.79 Å². The zero-order valence-corrected chi connectivity index (χ0v) is 14.9. The van der Waals surface area contributed by atoms with Crippen LogP contribution in [0.4, 0.5) is 0 Å². The monoisotopic (exact) mass is 364 g/mol. The Morgan fingerprint density at radius 1 is 1.65 bits per heavy atom. The van der Waals surface area contributed by atoms with Crippen molar-refractivity contribution in [3.8, 4) is 0 Å². The number of carbonyl (C=O) groups is 1. The molecule has 1 aliphatic heterocycles. The summed E-state index contributed by atoms with van der Waals surface area (Å²) in [6, 6.07) is 3.75. The molecule has 2 heterocycles. The van der Waals surface area contributed by atoms with Gasteiger partial charge in [0.2, 0.25) is 5.91 Å². The lowest BCUT2D eigenvalue weighted by atomic mass is 10.1. The van der Waals surface area contributed by atoms with Gasteiger partial charge in [-0.15, -0.1) is 23.7 Å². The molecule has 0 aromatic carbocycles. The molecule has 1 amide bonds. The molecule has 2 rings (SSSR count). The van der Waals surface area contributed by atoms with Crippen LogP contribution in [-0.2, 0) is 14.3 Å². The number of aliphatic hydroxyl groups is 1. The first-order valence-electron chi connectivity index (χ1n) is 7.50. The molecule has 1 aromatic heterocycles. The number of nitrogens with zero attached hydrogens (tertiary/aromatic N) is 1. The minimum Gasteiger partial charge on any atom is -0.387 e. The summed E-state index contributed by atoms with van der Waals surface area (Å²) < 4.78 is 10.4. The molecule has 2 N–H and O–H groups in total. The maximum Gasteiger partial charge on any atom is 0.236 e. The molecule has 1 aromatic rings. The minimum absolute atomic E-state index is 0. The molecule has 132 valence electrons. The summed E-state index contributed by atoms with van der Waals surface area (Å²) in [7, 11) is 1.63. The van der Waals surface area contributed by atoms with Crippen molar-refractivity contribution in [1.29, 1.82) is 0 Å². The number of amides is 1. The lowest BCUT2D eigenvalue weighted by Crippen LogP contribution is -2.51. The third-order valence-corrected chi connectivity index (χ3v) is 4.65. The molecular formula is C15H25ClN2O4S. The molecule has 0 bridgehead atoms.